The molecule has 1 fully saturated rings. The molecular formula is C12H17N3O4. The van der Waals surface area contributed by atoms with Crippen molar-refractivity contribution in [2.75, 3.05) is 12.3 Å². The Bertz CT molecular complexity index is 540. The van der Waals surface area contributed by atoms with Crippen molar-refractivity contribution in [2.45, 2.75) is 31.8 Å². The Balaban J connectivity index is 2.35. The number of nitrogens with zero attached hydrogens (tertiary/aromatic N) is 2. The Hall–Kier alpha value is -1.70. The Morgan fingerprint density at radius 3 is 3.00 bits per heavy atom. The minimum absolute atomic E-state index is 0.150. The third-order valence-electron chi connectivity index (χ3n) is 3.05. The predicted octanol–water partition coefficient (Wildman–Crippen LogP) is -0.501. The van der Waals surface area contributed by atoms with Crippen LogP contribution in [-0.2, 0) is 4.74 Å². The van der Waals surface area contributed by atoms with Crippen molar-refractivity contribution in [3.05, 3.63) is 28.3 Å². The molecule has 0 aliphatic carbocycles. The van der Waals surface area contributed by atoms with Crippen LogP contribution >= 0.6 is 0 Å². The number of ether oxygens (including phenoxy) is 1. The first-order valence-corrected chi connectivity index (χ1v) is 6.02. The number of aromatic nitrogens is 2. The lowest BCUT2D eigenvalue weighted by molar-refractivity contribution is -0.0458. The lowest BCUT2D eigenvalue weighted by Crippen LogP contribution is -2.28. The lowest BCUT2D eigenvalue weighted by atomic mass is 10.2. The van der Waals surface area contributed by atoms with Gasteiger partial charge in [0.15, 0.2) is 0 Å². The number of anilines is 1. The van der Waals surface area contributed by atoms with Gasteiger partial charge in [-0.15, -0.1) is 0 Å². The van der Waals surface area contributed by atoms with Gasteiger partial charge in [0.1, 0.15) is 18.1 Å². The van der Waals surface area contributed by atoms with E-state index in [9.17, 15) is 9.90 Å². The summed E-state index contributed by atoms with van der Waals surface area (Å²) in [5, 5.41) is 18.7. The Labute approximate surface area is 110 Å². The van der Waals surface area contributed by atoms with Gasteiger partial charge in [-0.1, -0.05) is 12.2 Å². The third kappa shape index (κ3) is 2.67. The molecule has 4 N–H and O–H groups in total. The standard InChI is InChI=1S/C12H17N3O4/c1-2-3-7-5-15(12(18)14-11(7)13)10-4-8(17)9(6-16)19-10/h2-3,5,8-10,16-17H,4,6H2,1H3,(H2,13,14,18)/t8-,9+,10+/m0/s1. The smallest absolute Gasteiger partial charge is 0.351 e. The average molecular weight is 267 g/mol. The van der Waals surface area contributed by atoms with E-state index in [1.165, 1.54) is 4.57 Å². The van der Waals surface area contributed by atoms with E-state index in [-0.39, 0.29) is 18.8 Å². The van der Waals surface area contributed by atoms with Gasteiger partial charge >= 0.3 is 5.69 Å². The molecule has 0 saturated carbocycles. The molecule has 0 bridgehead atoms. The van der Waals surface area contributed by atoms with Gasteiger partial charge in [-0.05, 0) is 6.92 Å². The molecule has 3 atom stereocenters. The van der Waals surface area contributed by atoms with Gasteiger partial charge in [-0.3, -0.25) is 4.57 Å². The molecule has 0 spiro atoms. The fourth-order valence-electron chi connectivity index (χ4n) is 2.06. The van der Waals surface area contributed by atoms with E-state index >= 15 is 0 Å². The van der Waals surface area contributed by atoms with E-state index < -0.39 is 24.1 Å². The molecule has 1 aliphatic heterocycles. The molecule has 19 heavy (non-hydrogen) atoms. The molecule has 1 aromatic heterocycles. The molecule has 2 rings (SSSR count). The Kier molecular flexibility index (Phi) is 3.98. The van der Waals surface area contributed by atoms with Gasteiger partial charge in [0.2, 0.25) is 0 Å². The largest absolute Gasteiger partial charge is 0.394 e. The van der Waals surface area contributed by atoms with Crippen LogP contribution in [0.5, 0.6) is 0 Å². The van der Waals surface area contributed by atoms with Crippen LogP contribution in [0.2, 0.25) is 0 Å². The summed E-state index contributed by atoms with van der Waals surface area (Å²) in [5.74, 6) is 0.150. The number of allylic oxidation sites excluding steroid dienone is 1. The minimum atomic E-state index is -0.801. The summed E-state index contributed by atoms with van der Waals surface area (Å²) in [6, 6.07) is 0. The molecule has 0 unspecified atom stereocenters. The van der Waals surface area contributed by atoms with E-state index in [2.05, 4.69) is 4.98 Å². The molecule has 1 saturated heterocycles. The number of aliphatic hydroxyl groups excluding tert-OH is 2. The summed E-state index contributed by atoms with van der Waals surface area (Å²) in [7, 11) is 0. The normalized spacial score (nSPS) is 27.2. The van der Waals surface area contributed by atoms with Crippen molar-refractivity contribution < 1.29 is 14.9 Å². The molecule has 1 aromatic rings. The van der Waals surface area contributed by atoms with Crippen molar-refractivity contribution in [3.63, 3.8) is 0 Å². The van der Waals surface area contributed by atoms with Gasteiger partial charge < -0.3 is 20.7 Å². The zero-order valence-corrected chi connectivity index (χ0v) is 10.6. The van der Waals surface area contributed by atoms with E-state index in [0.29, 0.717) is 5.56 Å². The quantitative estimate of drug-likeness (QED) is 0.681. The first-order valence-electron chi connectivity index (χ1n) is 6.02. The van der Waals surface area contributed by atoms with Crippen molar-refractivity contribution in [1.82, 2.24) is 9.55 Å². The number of aliphatic hydroxyl groups is 2. The summed E-state index contributed by atoms with van der Waals surface area (Å²) in [6.45, 7) is 1.53. The van der Waals surface area contributed by atoms with E-state index in [0.717, 1.165) is 0 Å². The van der Waals surface area contributed by atoms with Gasteiger partial charge in [-0.2, -0.15) is 4.98 Å². The average Bonchev–Trinajstić information content (AvgIpc) is 2.74. The molecule has 0 radical (unpaired) electrons. The highest BCUT2D eigenvalue weighted by atomic mass is 16.5. The lowest BCUT2D eigenvalue weighted by Gasteiger charge is -2.15. The number of rotatable bonds is 3. The fourth-order valence-corrected chi connectivity index (χ4v) is 2.06. The van der Waals surface area contributed by atoms with Crippen LogP contribution in [0, 0.1) is 0 Å². The van der Waals surface area contributed by atoms with E-state index in [1.54, 1.807) is 18.3 Å². The van der Waals surface area contributed by atoms with E-state index in [4.69, 9.17) is 15.6 Å². The molecule has 1 aliphatic rings. The second-order valence-corrected chi connectivity index (χ2v) is 4.39. The topological polar surface area (TPSA) is 111 Å². The Morgan fingerprint density at radius 1 is 1.68 bits per heavy atom. The number of nitrogens with two attached hydrogens (primary N) is 1. The SMILES string of the molecule is CC=Cc1cn([C@H]2C[C@H](O)[C@@H](CO)O2)c(=O)nc1N. The van der Waals surface area contributed by atoms with Crippen molar-refractivity contribution >= 4 is 11.9 Å². The van der Waals surface area contributed by atoms with Crippen LogP contribution in [0.25, 0.3) is 6.08 Å². The first-order chi connectivity index (χ1) is 9.06. The van der Waals surface area contributed by atoms with Crippen molar-refractivity contribution in [3.8, 4) is 0 Å². The fraction of sp³-hybridized carbons (Fsp3) is 0.500. The summed E-state index contributed by atoms with van der Waals surface area (Å²) in [5.41, 5.74) is 5.71. The van der Waals surface area contributed by atoms with Gasteiger partial charge in [-0.25, -0.2) is 4.79 Å². The third-order valence-corrected chi connectivity index (χ3v) is 3.05. The number of hydrogen-bond acceptors (Lipinski definition) is 6. The molecule has 104 valence electrons. The first kappa shape index (κ1) is 13.7. The van der Waals surface area contributed by atoms with Crippen LogP contribution in [0.15, 0.2) is 17.1 Å². The zero-order valence-electron chi connectivity index (χ0n) is 10.6. The predicted molar refractivity (Wildman–Crippen MR) is 69.2 cm³/mol. The highest BCUT2D eigenvalue weighted by Crippen LogP contribution is 2.27. The summed E-state index contributed by atoms with van der Waals surface area (Å²) in [6.07, 6.45) is 3.16. The highest BCUT2D eigenvalue weighted by Gasteiger charge is 2.35. The van der Waals surface area contributed by atoms with E-state index in [1.807, 2.05) is 6.92 Å². The molecule has 0 aromatic carbocycles. The molecule has 2 heterocycles. The van der Waals surface area contributed by atoms with Crippen LogP contribution in [-0.4, -0.2) is 38.6 Å². The monoisotopic (exact) mass is 267 g/mol. The van der Waals surface area contributed by atoms with Crippen LogP contribution in [0.3, 0.4) is 0 Å². The maximum Gasteiger partial charge on any atom is 0.351 e. The van der Waals surface area contributed by atoms with Gasteiger partial charge in [0.25, 0.3) is 0 Å². The van der Waals surface area contributed by atoms with Crippen molar-refractivity contribution in [1.29, 1.82) is 0 Å². The van der Waals surface area contributed by atoms with Crippen LogP contribution in [0.1, 0.15) is 25.1 Å². The summed E-state index contributed by atoms with van der Waals surface area (Å²) < 4.78 is 6.70. The van der Waals surface area contributed by atoms with Gasteiger partial charge in [0, 0.05) is 18.2 Å². The van der Waals surface area contributed by atoms with Crippen LogP contribution in [0.4, 0.5) is 5.82 Å². The Morgan fingerprint density at radius 2 is 2.42 bits per heavy atom. The number of hydrogen-bond donors (Lipinski definition) is 3. The summed E-state index contributed by atoms with van der Waals surface area (Å²) >= 11 is 0. The molecule has 7 nitrogen and oxygen atoms in total. The van der Waals surface area contributed by atoms with Crippen LogP contribution < -0.4 is 11.4 Å². The second kappa shape index (κ2) is 5.52. The molecular weight excluding hydrogens is 250 g/mol. The maximum atomic E-state index is 11.8. The highest BCUT2D eigenvalue weighted by molar-refractivity contribution is 5.59. The molecule has 0 amide bonds. The zero-order chi connectivity index (χ0) is 14.0. The van der Waals surface area contributed by atoms with Gasteiger partial charge in [0.05, 0.1) is 12.7 Å². The van der Waals surface area contributed by atoms with Crippen molar-refractivity contribution in [2.24, 2.45) is 0 Å². The minimum Gasteiger partial charge on any atom is -0.394 e. The second-order valence-electron chi connectivity index (χ2n) is 4.39. The molecule has 7 heteroatoms. The number of nitrogen functional groups attached to an aromatic ring is 1. The summed E-state index contributed by atoms with van der Waals surface area (Å²) in [4.78, 5) is 15.5. The maximum absolute atomic E-state index is 11.8.